The van der Waals surface area contributed by atoms with E-state index >= 15 is 0 Å². The van der Waals surface area contributed by atoms with Gasteiger partial charge in [0.15, 0.2) is 0 Å². The Morgan fingerprint density at radius 1 is 0.300 bits per heavy atom. The molecular formula is Cl8IrTa. The maximum atomic E-state index is 0. The summed E-state index contributed by atoms with van der Waals surface area (Å²) in [4.78, 5) is 0. The van der Waals surface area contributed by atoms with Crippen LogP contribution in [-0.2, 0) is 42.5 Å². The average molecular weight is 657 g/mol. The van der Waals surface area contributed by atoms with Gasteiger partial charge >= 0.3 is 42.5 Å². The molecule has 0 atom stereocenters. The van der Waals surface area contributed by atoms with Crippen molar-refractivity contribution in [1.82, 2.24) is 0 Å². The van der Waals surface area contributed by atoms with E-state index < -0.39 is 0 Å². The molecule has 10 heavy (non-hydrogen) atoms. The quantitative estimate of drug-likeness (QED) is 0.243. The monoisotopic (exact) mass is 654 g/mol. The molecule has 0 saturated heterocycles. The minimum Gasteiger partial charge on any atom is -1.00 e. The Balaban J connectivity index is 0. The predicted molar refractivity (Wildman–Crippen MR) is 0 cm³/mol. The largest absolute Gasteiger partial charge is 5.00 e. The van der Waals surface area contributed by atoms with Crippen LogP contribution in [0.4, 0.5) is 0 Å². The van der Waals surface area contributed by atoms with Gasteiger partial charge in [0, 0.05) is 0 Å². The van der Waals surface area contributed by atoms with Gasteiger partial charge in [0.25, 0.3) is 0 Å². The Kier molecular flexibility index (Phi) is 2040. The van der Waals surface area contributed by atoms with Crippen LogP contribution in [0.5, 0.6) is 0 Å². The van der Waals surface area contributed by atoms with Crippen molar-refractivity contribution in [3.8, 4) is 0 Å². The molecule has 0 N–H and O–H groups in total. The molecule has 0 aliphatic carbocycles. The minimum absolute atomic E-state index is 0. The van der Waals surface area contributed by atoms with E-state index in [9.17, 15) is 0 Å². The Bertz CT molecular complexity index is 9.22. The molecule has 0 aromatic carbocycles. The van der Waals surface area contributed by atoms with Crippen molar-refractivity contribution in [2.75, 3.05) is 0 Å². The molecule has 0 bridgehead atoms. The second kappa shape index (κ2) is 127. The fourth-order valence-corrected chi connectivity index (χ4v) is 0. The van der Waals surface area contributed by atoms with Gasteiger partial charge in [-0.1, -0.05) is 0 Å². The van der Waals surface area contributed by atoms with Crippen LogP contribution in [-0.4, -0.2) is 0 Å². The first-order valence-corrected chi connectivity index (χ1v) is 0. The molecule has 0 spiro atoms. The van der Waals surface area contributed by atoms with E-state index in [1.54, 1.807) is 0 Å². The summed E-state index contributed by atoms with van der Waals surface area (Å²) < 4.78 is 0. The van der Waals surface area contributed by atoms with Crippen LogP contribution >= 0.6 is 0 Å². The minimum atomic E-state index is 0. The van der Waals surface area contributed by atoms with Crippen LogP contribution < -0.4 is 99.3 Å². The summed E-state index contributed by atoms with van der Waals surface area (Å²) >= 11 is 0. The Morgan fingerprint density at radius 2 is 0.300 bits per heavy atom. The molecule has 0 aromatic heterocycles. The van der Waals surface area contributed by atoms with Crippen molar-refractivity contribution < 1.29 is 142 Å². The number of halogens is 8. The normalized spacial score (nSPS) is 0. The summed E-state index contributed by atoms with van der Waals surface area (Å²) in [6.07, 6.45) is 0. The molecule has 0 nitrogen and oxygen atoms in total. The molecular weight excluding hydrogens is 657 g/mol. The first-order valence-electron chi connectivity index (χ1n) is 0. The van der Waals surface area contributed by atoms with Crippen LogP contribution in [0.3, 0.4) is 0 Å². The summed E-state index contributed by atoms with van der Waals surface area (Å²) in [7, 11) is 0. The second-order valence-electron chi connectivity index (χ2n) is 0. The van der Waals surface area contributed by atoms with Gasteiger partial charge in [-0.15, -0.1) is 0 Å². The van der Waals surface area contributed by atoms with Gasteiger partial charge in [-0.3, -0.25) is 0 Å². The van der Waals surface area contributed by atoms with Gasteiger partial charge in [0.05, 0.1) is 0 Å². The number of hydrogen-bond donors (Lipinski definition) is 0. The van der Waals surface area contributed by atoms with Crippen LogP contribution in [0.25, 0.3) is 0 Å². The van der Waals surface area contributed by atoms with Crippen molar-refractivity contribution in [1.29, 1.82) is 0 Å². The first kappa shape index (κ1) is 161. The number of rotatable bonds is 0. The van der Waals surface area contributed by atoms with Crippen LogP contribution in [0, 0.1) is 0 Å². The summed E-state index contributed by atoms with van der Waals surface area (Å²) in [5, 5.41) is 0. The maximum absolute atomic E-state index is 0. The van der Waals surface area contributed by atoms with E-state index in [1.165, 1.54) is 0 Å². The average Bonchev–Trinajstić information content (AvgIpc) is 0. The fraction of sp³-hybridized carbons (Fsp3) is 0. The zero-order valence-corrected chi connectivity index (χ0v) is 15.5. The fourth-order valence-electron chi connectivity index (χ4n) is 0. The summed E-state index contributed by atoms with van der Waals surface area (Å²) in [5.74, 6) is 0. The molecule has 0 rings (SSSR count). The van der Waals surface area contributed by atoms with E-state index in [4.69, 9.17) is 0 Å². The second-order valence-corrected chi connectivity index (χ2v) is 0. The first-order chi connectivity index (χ1) is 0. The Hall–Kier alpha value is 3.71. The third-order valence-electron chi connectivity index (χ3n) is 0. The van der Waals surface area contributed by atoms with Crippen molar-refractivity contribution in [2.45, 2.75) is 0 Å². The SMILES string of the molecule is [Cl-].[Cl-].[Cl-].[Cl-].[Cl-].[Cl-].[Cl-].[Cl-].[Ir+3].[Ta+5]. The van der Waals surface area contributed by atoms with E-state index in [2.05, 4.69) is 0 Å². The van der Waals surface area contributed by atoms with Gasteiger partial charge in [0.1, 0.15) is 0 Å². The molecule has 0 unspecified atom stereocenters. The van der Waals surface area contributed by atoms with Crippen molar-refractivity contribution >= 4 is 0 Å². The van der Waals surface area contributed by atoms with Crippen molar-refractivity contribution in [2.24, 2.45) is 0 Å². The molecule has 0 radical (unpaired) electrons. The molecule has 0 amide bonds. The smallest absolute Gasteiger partial charge is 1.00 e. The van der Waals surface area contributed by atoms with E-state index in [-0.39, 0.29) is 142 Å². The van der Waals surface area contributed by atoms with Gasteiger partial charge in [-0.05, 0) is 0 Å². The van der Waals surface area contributed by atoms with E-state index in [0.717, 1.165) is 0 Å². The van der Waals surface area contributed by atoms with Gasteiger partial charge in [-0.25, -0.2) is 0 Å². The molecule has 0 heterocycles. The molecule has 0 aliphatic rings. The van der Waals surface area contributed by atoms with Crippen molar-refractivity contribution in [3.05, 3.63) is 0 Å². The molecule has 70 valence electrons. The standard InChI is InChI=1S/8ClH.Ir.Ta/h8*1H;;/q;;;;;;;;+3;+5/p-8. The van der Waals surface area contributed by atoms with Gasteiger partial charge < -0.3 is 99.3 Å². The molecule has 0 aromatic rings. The molecule has 10 heteroatoms. The Morgan fingerprint density at radius 3 is 0.300 bits per heavy atom. The van der Waals surface area contributed by atoms with Gasteiger partial charge in [0.2, 0.25) is 0 Å². The van der Waals surface area contributed by atoms with Crippen LogP contribution in [0.2, 0.25) is 0 Å². The van der Waals surface area contributed by atoms with E-state index in [0.29, 0.717) is 0 Å². The third kappa shape index (κ3) is 97.6. The van der Waals surface area contributed by atoms with E-state index in [1.807, 2.05) is 0 Å². The number of hydrogen-bond acceptors (Lipinski definition) is 0. The zero-order valence-electron chi connectivity index (χ0n) is 3.80. The molecule has 0 fully saturated rings. The Labute approximate surface area is 140 Å². The van der Waals surface area contributed by atoms with Crippen LogP contribution in [0.15, 0.2) is 0 Å². The molecule has 0 saturated carbocycles. The zero-order chi connectivity index (χ0) is 0. The summed E-state index contributed by atoms with van der Waals surface area (Å²) in [5.41, 5.74) is 0. The van der Waals surface area contributed by atoms with Gasteiger partial charge in [-0.2, -0.15) is 0 Å². The van der Waals surface area contributed by atoms with Crippen LogP contribution in [0.1, 0.15) is 0 Å². The predicted octanol–water partition coefficient (Wildman–Crippen LogP) is -24.0. The summed E-state index contributed by atoms with van der Waals surface area (Å²) in [6.45, 7) is 0. The maximum Gasteiger partial charge on any atom is 5.00 e. The summed E-state index contributed by atoms with van der Waals surface area (Å²) in [6, 6.07) is 0. The molecule has 0 aliphatic heterocycles. The third-order valence-corrected chi connectivity index (χ3v) is 0. The topological polar surface area (TPSA) is 0 Å². The van der Waals surface area contributed by atoms with Crippen molar-refractivity contribution in [3.63, 3.8) is 0 Å².